The maximum Gasteiger partial charge on any atom is 0.313 e. The monoisotopic (exact) mass is 193 g/mol. The van der Waals surface area contributed by atoms with Crippen molar-refractivity contribution in [2.75, 3.05) is 35.2 Å². The van der Waals surface area contributed by atoms with Gasteiger partial charge in [0.15, 0.2) is 6.29 Å². The predicted octanol–water partition coefficient (Wildman–Crippen LogP) is -0.401. The third-order valence-electron chi connectivity index (χ3n) is 1.55. The topological polar surface area (TPSA) is 57.2 Å². The summed E-state index contributed by atoms with van der Waals surface area (Å²) in [7, 11) is 5.52. The molecule has 0 rings (SSSR count). The number of hydrogen-bond donors (Lipinski definition) is 0. The van der Waals surface area contributed by atoms with Crippen LogP contribution in [0, 0.1) is 0 Å². The van der Waals surface area contributed by atoms with Crippen LogP contribution in [0.4, 0.5) is 0 Å². The molecule has 0 aliphatic rings. The van der Waals surface area contributed by atoms with Crippen molar-refractivity contribution in [3.05, 3.63) is 0 Å². The molecule has 0 N–H and O–H groups in total. The van der Waals surface area contributed by atoms with Gasteiger partial charge in [-0.25, -0.2) is 0 Å². The first kappa shape index (κ1) is 12.5. The highest BCUT2D eigenvalue weighted by molar-refractivity contribution is 5.59. The third-order valence-corrected chi connectivity index (χ3v) is 1.55. The van der Waals surface area contributed by atoms with Crippen LogP contribution in [0.2, 0.25) is 0 Å². The molecule has 0 aromatic rings. The summed E-state index contributed by atoms with van der Waals surface area (Å²) >= 11 is 0. The van der Waals surface area contributed by atoms with Gasteiger partial charge >= 0.3 is 5.91 Å². The molecule has 0 saturated carbocycles. The minimum absolute atomic E-state index is 0.0525. The van der Waals surface area contributed by atoms with Gasteiger partial charge in [-0.1, -0.05) is 0 Å². The van der Waals surface area contributed by atoms with Gasteiger partial charge in [0, 0.05) is 21.3 Å². The van der Waals surface area contributed by atoms with E-state index in [-0.39, 0.29) is 6.73 Å². The molecule has 6 heteroatoms. The van der Waals surface area contributed by atoms with E-state index in [1.54, 1.807) is 0 Å². The molecule has 6 nitrogen and oxygen atoms in total. The van der Waals surface area contributed by atoms with Crippen LogP contribution in [-0.4, -0.2) is 52.4 Å². The van der Waals surface area contributed by atoms with Crippen molar-refractivity contribution >= 4 is 6.29 Å². The Hall–Kier alpha value is -0.530. The van der Waals surface area contributed by atoms with Gasteiger partial charge in [-0.3, -0.25) is 9.63 Å². The number of hydroxylamine groups is 2. The van der Waals surface area contributed by atoms with Crippen LogP contribution in [-0.2, 0) is 23.8 Å². The second kappa shape index (κ2) is 6.01. The Morgan fingerprint density at radius 2 is 1.77 bits per heavy atom. The van der Waals surface area contributed by atoms with Crippen LogP contribution >= 0.6 is 0 Å². The molecule has 0 unspecified atom stereocenters. The molecule has 0 saturated heterocycles. The zero-order valence-electron chi connectivity index (χ0n) is 8.27. The van der Waals surface area contributed by atoms with Gasteiger partial charge in [-0.2, -0.15) is 0 Å². The van der Waals surface area contributed by atoms with Gasteiger partial charge in [0.1, 0.15) is 6.73 Å². The first-order valence-electron chi connectivity index (χ1n) is 3.58. The lowest BCUT2D eigenvalue weighted by molar-refractivity contribution is -0.377. The Bertz CT molecular complexity index is 148. The Kier molecular flexibility index (Phi) is 5.76. The Labute approximate surface area is 77.3 Å². The summed E-state index contributed by atoms with van der Waals surface area (Å²) in [4.78, 5) is 15.6. The van der Waals surface area contributed by atoms with Crippen molar-refractivity contribution in [3.63, 3.8) is 0 Å². The van der Waals surface area contributed by atoms with Crippen LogP contribution in [0.1, 0.15) is 0 Å². The smallest absolute Gasteiger partial charge is 0.313 e. The van der Waals surface area contributed by atoms with E-state index in [4.69, 9.17) is 19.0 Å². The molecule has 0 fully saturated rings. The minimum Gasteiger partial charge on any atom is -0.367 e. The lowest BCUT2D eigenvalue weighted by atomic mass is 10.5. The Morgan fingerprint density at radius 3 is 2.00 bits per heavy atom. The first-order valence-corrected chi connectivity index (χ1v) is 3.58. The lowest BCUT2D eigenvalue weighted by Crippen LogP contribution is -2.53. The van der Waals surface area contributed by atoms with Gasteiger partial charge < -0.3 is 14.2 Å². The molecule has 13 heavy (non-hydrogen) atoms. The van der Waals surface area contributed by atoms with Crippen LogP contribution < -0.4 is 0 Å². The van der Waals surface area contributed by atoms with Crippen LogP contribution in [0.5, 0.6) is 0 Å². The molecular weight excluding hydrogens is 178 g/mol. The zero-order chi connectivity index (χ0) is 10.3. The Morgan fingerprint density at radius 1 is 1.23 bits per heavy atom. The number of methoxy groups -OCH3 is 3. The average Bonchev–Trinajstić information content (AvgIpc) is 2.19. The van der Waals surface area contributed by atoms with Crippen molar-refractivity contribution in [3.8, 4) is 0 Å². The lowest BCUT2D eigenvalue weighted by Gasteiger charge is -2.33. The van der Waals surface area contributed by atoms with Crippen molar-refractivity contribution in [1.82, 2.24) is 5.06 Å². The fraction of sp³-hybridized carbons (Fsp3) is 0.857. The fourth-order valence-electron chi connectivity index (χ4n) is 0.829. The molecule has 0 amide bonds. The summed E-state index contributed by atoms with van der Waals surface area (Å²) in [5, 5.41) is 1.12. The largest absolute Gasteiger partial charge is 0.367 e. The summed E-state index contributed by atoms with van der Waals surface area (Å²) in [6, 6.07) is 0. The number of nitrogens with zero attached hydrogens (tertiary/aromatic N) is 1. The molecule has 78 valence electrons. The van der Waals surface area contributed by atoms with Gasteiger partial charge in [-0.15, -0.1) is 5.06 Å². The molecule has 0 aliphatic heterocycles. The maximum atomic E-state index is 10.7. The van der Waals surface area contributed by atoms with E-state index in [0.717, 1.165) is 5.06 Å². The number of aldehydes is 1. The molecule has 0 aromatic heterocycles. The normalized spacial score (nSPS) is 12.1. The van der Waals surface area contributed by atoms with E-state index >= 15 is 0 Å². The molecule has 0 spiro atoms. The first-order chi connectivity index (χ1) is 6.20. The quantitative estimate of drug-likeness (QED) is 0.311. The zero-order valence-corrected chi connectivity index (χ0v) is 8.27. The molecule has 0 aromatic carbocycles. The van der Waals surface area contributed by atoms with Gasteiger partial charge in [0.2, 0.25) is 0 Å². The van der Waals surface area contributed by atoms with Crippen molar-refractivity contribution in [1.29, 1.82) is 0 Å². The molecular formula is C7H15NO5. The highest BCUT2D eigenvalue weighted by Gasteiger charge is 2.38. The van der Waals surface area contributed by atoms with E-state index in [1.807, 2.05) is 0 Å². The van der Waals surface area contributed by atoms with E-state index < -0.39 is 5.91 Å². The number of hydrogen-bond acceptors (Lipinski definition) is 6. The summed E-state index contributed by atoms with van der Waals surface area (Å²) in [6.07, 6.45) is 0.482. The highest BCUT2D eigenvalue weighted by atomic mass is 16.8. The van der Waals surface area contributed by atoms with Gasteiger partial charge in [0.05, 0.1) is 7.11 Å². The fourth-order valence-corrected chi connectivity index (χ4v) is 0.829. The van der Waals surface area contributed by atoms with Crippen molar-refractivity contribution in [2.45, 2.75) is 5.91 Å². The summed E-state index contributed by atoms with van der Waals surface area (Å²) in [5.74, 6) is -1.55. The van der Waals surface area contributed by atoms with Crippen molar-refractivity contribution < 1.29 is 23.8 Å². The molecule has 0 atom stereocenters. The average molecular weight is 193 g/mol. The number of ether oxygens (including phenoxy) is 3. The number of carbonyl (C=O) groups excluding carboxylic acids is 1. The molecule has 0 bridgehead atoms. The molecule has 0 heterocycles. The van der Waals surface area contributed by atoms with E-state index in [0.29, 0.717) is 6.29 Å². The maximum absolute atomic E-state index is 10.7. The number of carbonyl (C=O) groups is 1. The standard InChI is InChI=1S/C7H15NO5/c1-10-6-8(13-4)7(5-9,11-2)12-3/h5H,6H2,1-4H3. The van der Waals surface area contributed by atoms with Crippen LogP contribution in [0.25, 0.3) is 0 Å². The van der Waals surface area contributed by atoms with Gasteiger partial charge in [0.25, 0.3) is 0 Å². The summed E-state index contributed by atoms with van der Waals surface area (Å²) in [5.41, 5.74) is 0. The highest BCUT2D eigenvalue weighted by Crippen LogP contribution is 2.14. The Balaban J connectivity index is 4.54. The number of rotatable bonds is 7. The summed E-state index contributed by atoms with van der Waals surface area (Å²) in [6.45, 7) is 0.0525. The molecule has 0 aliphatic carbocycles. The van der Waals surface area contributed by atoms with Crippen LogP contribution in [0.15, 0.2) is 0 Å². The predicted molar refractivity (Wildman–Crippen MR) is 43.5 cm³/mol. The van der Waals surface area contributed by atoms with E-state index in [1.165, 1.54) is 28.4 Å². The second-order valence-electron chi connectivity index (χ2n) is 2.14. The minimum atomic E-state index is -1.55. The van der Waals surface area contributed by atoms with E-state index in [2.05, 4.69) is 0 Å². The summed E-state index contributed by atoms with van der Waals surface area (Å²) < 4.78 is 14.5. The third kappa shape index (κ3) is 2.71. The molecule has 0 radical (unpaired) electrons. The SMILES string of the molecule is COCN(OC)C(C=O)(OC)OC. The second-order valence-corrected chi connectivity index (χ2v) is 2.14. The van der Waals surface area contributed by atoms with Crippen LogP contribution in [0.3, 0.4) is 0 Å². The van der Waals surface area contributed by atoms with E-state index in [9.17, 15) is 4.79 Å². The van der Waals surface area contributed by atoms with Gasteiger partial charge in [-0.05, 0) is 0 Å². The van der Waals surface area contributed by atoms with Crippen molar-refractivity contribution in [2.24, 2.45) is 0 Å².